The Labute approximate surface area is 205 Å². The summed E-state index contributed by atoms with van der Waals surface area (Å²) in [5, 5.41) is 11.6. The second-order valence-electron chi connectivity index (χ2n) is 9.59. The third-order valence-electron chi connectivity index (χ3n) is 5.70. The van der Waals surface area contributed by atoms with Crippen LogP contribution in [0.25, 0.3) is 11.1 Å². The van der Waals surface area contributed by atoms with Crippen LogP contribution < -0.4 is 11.1 Å². The van der Waals surface area contributed by atoms with Crippen molar-refractivity contribution < 1.29 is 19.1 Å². The summed E-state index contributed by atoms with van der Waals surface area (Å²) in [5.41, 5.74) is 7.83. The lowest BCUT2D eigenvalue weighted by molar-refractivity contribution is -0.131. The fourth-order valence-corrected chi connectivity index (χ4v) is 3.93. The lowest BCUT2D eigenvalue weighted by Gasteiger charge is -2.36. The molecule has 0 bridgehead atoms. The van der Waals surface area contributed by atoms with E-state index < -0.39 is 35.6 Å². The Morgan fingerprint density at radius 3 is 2.43 bits per heavy atom. The molecule has 1 saturated heterocycles. The molecule has 184 valence electrons. The molecule has 1 unspecified atom stereocenters. The number of rotatable bonds is 6. The van der Waals surface area contributed by atoms with Crippen molar-refractivity contribution in [3.8, 4) is 17.2 Å². The lowest BCUT2D eigenvalue weighted by Crippen LogP contribution is -2.56. The Balaban J connectivity index is 1.68. The number of primary amides is 1. The molecule has 0 spiro atoms. The van der Waals surface area contributed by atoms with Crippen molar-refractivity contribution in [3.05, 3.63) is 53.9 Å². The summed E-state index contributed by atoms with van der Waals surface area (Å²) in [6.45, 7) is 5.74. The molecule has 0 saturated carbocycles. The van der Waals surface area contributed by atoms with Crippen molar-refractivity contribution in [2.45, 2.75) is 64.1 Å². The quantitative estimate of drug-likeness (QED) is 0.656. The maximum Gasteiger partial charge on any atom is 0.410 e. The van der Waals surface area contributed by atoms with E-state index in [-0.39, 0.29) is 6.42 Å². The molecular weight excluding hydrogens is 446 g/mol. The predicted molar refractivity (Wildman–Crippen MR) is 130 cm³/mol. The number of hydrogen-bond acceptors (Lipinski definition) is 6. The van der Waals surface area contributed by atoms with Crippen molar-refractivity contribution >= 4 is 17.9 Å². The highest BCUT2D eigenvalue weighted by molar-refractivity contribution is 5.91. The van der Waals surface area contributed by atoms with Crippen LogP contribution >= 0.6 is 0 Å². The third-order valence-corrected chi connectivity index (χ3v) is 5.70. The number of hydrogen-bond donors (Lipinski definition) is 2. The Kier molecular flexibility index (Phi) is 8.07. The maximum absolute atomic E-state index is 13.1. The largest absolute Gasteiger partial charge is 0.444 e. The fraction of sp³-hybridized carbons (Fsp3) is 0.423. The van der Waals surface area contributed by atoms with Crippen LogP contribution in [0.5, 0.6) is 0 Å². The smallest absolute Gasteiger partial charge is 0.410 e. The first-order valence-corrected chi connectivity index (χ1v) is 11.6. The van der Waals surface area contributed by atoms with Crippen LogP contribution in [-0.2, 0) is 20.7 Å². The SMILES string of the molecule is CC(C)(C)OC(=O)N1CCCCC1C(=O)N[C@@H](Cc1ccc(-c2ccc(C#N)nc2)cc1)C(N)=O. The number of ether oxygens (including phenoxy) is 1. The Morgan fingerprint density at radius 1 is 1.17 bits per heavy atom. The van der Waals surface area contributed by atoms with Gasteiger partial charge in [-0.25, -0.2) is 9.78 Å². The normalized spacial score (nSPS) is 16.6. The van der Waals surface area contributed by atoms with Gasteiger partial charge in [-0.05, 0) is 63.3 Å². The molecule has 35 heavy (non-hydrogen) atoms. The van der Waals surface area contributed by atoms with E-state index in [1.165, 1.54) is 4.90 Å². The van der Waals surface area contributed by atoms with Gasteiger partial charge in [-0.15, -0.1) is 0 Å². The van der Waals surface area contributed by atoms with Crippen molar-refractivity contribution in [2.24, 2.45) is 5.73 Å². The summed E-state index contributed by atoms with van der Waals surface area (Å²) >= 11 is 0. The van der Waals surface area contributed by atoms with E-state index in [0.717, 1.165) is 29.5 Å². The van der Waals surface area contributed by atoms with Gasteiger partial charge in [-0.3, -0.25) is 14.5 Å². The highest BCUT2D eigenvalue weighted by atomic mass is 16.6. The second-order valence-corrected chi connectivity index (χ2v) is 9.59. The zero-order valence-corrected chi connectivity index (χ0v) is 20.3. The van der Waals surface area contributed by atoms with Gasteiger partial charge < -0.3 is 15.8 Å². The van der Waals surface area contributed by atoms with Crippen LogP contribution in [0, 0.1) is 11.3 Å². The minimum absolute atomic E-state index is 0.214. The molecule has 9 heteroatoms. The van der Waals surface area contributed by atoms with E-state index in [1.807, 2.05) is 36.4 Å². The van der Waals surface area contributed by atoms with Crippen LogP contribution in [0.1, 0.15) is 51.3 Å². The molecule has 3 N–H and O–H groups in total. The van der Waals surface area contributed by atoms with E-state index in [2.05, 4.69) is 10.3 Å². The van der Waals surface area contributed by atoms with Gasteiger partial charge in [-0.2, -0.15) is 5.26 Å². The molecule has 9 nitrogen and oxygen atoms in total. The average Bonchev–Trinajstić information content (AvgIpc) is 2.83. The molecule has 1 aromatic heterocycles. The fourth-order valence-electron chi connectivity index (χ4n) is 3.93. The first-order valence-electron chi connectivity index (χ1n) is 11.6. The molecule has 2 aromatic rings. The number of benzene rings is 1. The zero-order chi connectivity index (χ0) is 25.6. The van der Waals surface area contributed by atoms with E-state index in [1.54, 1.807) is 33.0 Å². The molecule has 3 amide bonds. The standard InChI is InChI=1S/C26H31N5O4/c1-26(2,3)35-25(34)31-13-5-4-6-22(31)24(33)30-21(23(28)32)14-17-7-9-18(10-8-17)19-11-12-20(15-27)29-16-19/h7-12,16,21-22H,4-6,13-14H2,1-3H3,(H2,28,32)(H,30,33)/t21-,22?/m0/s1. The molecule has 1 fully saturated rings. The van der Waals surface area contributed by atoms with Gasteiger partial charge in [0.2, 0.25) is 11.8 Å². The Bertz CT molecular complexity index is 1100. The number of carbonyl (C=O) groups is 3. The third kappa shape index (κ3) is 7.03. The minimum atomic E-state index is -0.924. The van der Waals surface area contributed by atoms with Gasteiger partial charge in [0.15, 0.2) is 0 Å². The lowest BCUT2D eigenvalue weighted by atomic mass is 9.99. The molecular formula is C26H31N5O4. The second kappa shape index (κ2) is 11.0. The molecule has 2 heterocycles. The van der Waals surface area contributed by atoms with Crippen molar-refractivity contribution in [3.63, 3.8) is 0 Å². The molecule has 0 aliphatic carbocycles. The number of amides is 3. The summed E-state index contributed by atoms with van der Waals surface area (Å²) < 4.78 is 5.46. The van der Waals surface area contributed by atoms with Gasteiger partial charge in [0.05, 0.1) is 0 Å². The number of aromatic nitrogens is 1. The molecule has 1 aromatic carbocycles. The molecule has 2 atom stereocenters. The number of nitrogens with two attached hydrogens (primary N) is 1. The highest BCUT2D eigenvalue weighted by Crippen LogP contribution is 2.22. The molecule has 3 rings (SSSR count). The summed E-state index contributed by atoms with van der Waals surface area (Å²) in [6, 6.07) is 11.3. The average molecular weight is 478 g/mol. The van der Waals surface area contributed by atoms with E-state index in [4.69, 9.17) is 15.7 Å². The zero-order valence-electron chi connectivity index (χ0n) is 20.3. The number of pyridine rings is 1. The molecule has 1 aliphatic rings. The number of likely N-dealkylation sites (tertiary alicyclic amines) is 1. The van der Waals surface area contributed by atoms with Gasteiger partial charge >= 0.3 is 6.09 Å². The Hall–Kier alpha value is -3.93. The topological polar surface area (TPSA) is 138 Å². The van der Waals surface area contributed by atoms with Crippen LogP contribution in [0.2, 0.25) is 0 Å². The monoisotopic (exact) mass is 477 g/mol. The van der Waals surface area contributed by atoms with Gasteiger partial charge in [0.25, 0.3) is 0 Å². The van der Waals surface area contributed by atoms with Crippen LogP contribution in [0.4, 0.5) is 4.79 Å². The minimum Gasteiger partial charge on any atom is -0.444 e. The number of nitrogens with one attached hydrogen (secondary N) is 1. The number of carbonyl (C=O) groups excluding carboxylic acids is 3. The van der Waals surface area contributed by atoms with Gasteiger partial charge in [-0.1, -0.05) is 24.3 Å². The van der Waals surface area contributed by atoms with Crippen LogP contribution in [-0.4, -0.2) is 52.0 Å². The summed E-state index contributed by atoms with van der Waals surface area (Å²) in [6.07, 6.45) is 3.37. The molecule has 1 aliphatic heterocycles. The van der Waals surface area contributed by atoms with Crippen LogP contribution in [0.3, 0.4) is 0 Å². The first-order chi connectivity index (χ1) is 16.6. The van der Waals surface area contributed by atoms with Crippen molar-refractivity contribution in [1.29, 1.82) is 5.26 Å². The number of nitrogens with zero attached hydrogens (tertiary/aromatic N) is 3. The maximum atomic E-state index is 13.1. The van der Waals surface area contributed by atoms with Gasteiger partial charge in [0.1, 0.15) is 29.4 Å². The summed E-state index contributed by atoms with van der Waals surface area (Å²) in [7, 11) is 0. The van der Waals surface area contributed by atoms with Gasteiger partial charge in [0, 0.05) is 24.7 Å². The molecule has 0 radical (unpaired) electrons. The summed E-state index contributed by atoms with van der Waals surface area (Å²) in [5.74, 6) is -1.07. The van der Waals surface area contributed by atoms with Crippen molar-refractivity contribution in [1.82, 2.24) is 15.2 Å². The number of piperidine rings is 1. The highest BCUT2D eigenvalue weighted by Gasteiger charge is 2.36. The predicted octanol–water partition coefficient (Wildman–Crippen LogP) is 2.92. The van der Waals surface area contributed by atoms with E-state index in [9.17, 15) is 14.4 Å². The van der Waals surface area contributed by atoms with E-state index >= 15 is 0 Å². The summed E-state index contributed by atoms with van der Waals surface area (Å²) in [4.78, 5) is 43.4. The van der Waals surface area contributed by atoms with Crippen LogP contribution in [0.15, 0.2) is 42.6 Å². The first kappa shape index (κ1) is 25.7. The van der Waals surface area contributed by atoms with Crippen molar-refractivity contribution in [2.75, 3.05) is 6.54 Å². The van der Waals surface area contributed by atoms with E-state index in [0.29, 0.717) is 18.7 Å². The number of nitriles is 1. The Morgan fingerprint density at radius 2 is 1.86 bits per heavy atom.